The molecule has 25 heavy (non-hydrogen) atoms. The molecule has 2 aromatic carbocycles. The molecule has 0 saturated carbocycles. The van der Waals surface area contributed by atoms with Crippen molar-refractivity contribution >= 4 is 29.0 Å². The van der Waals surface area contributed by atoms with Gasteiger partial charge in [-0.2, -0.15) is 0 Å². The molecule has 0 aliphatic carbocycles. The lowest BCUT2D eigenvalue weighted by Crippen LogP contribution is -2.50. The number of anilines is 2. The molecule has 0 atom stereocenters. The van der Waals surface area contributed by atoms with Crippen molar-refractivity contribution in [2.24, 2.45) is 0 Å². The topological polar surface area (TPSA) is 72.7 Å². The van der Waals surface area contributed by atoms with E-state index in [4.69, 9.17) is 4.74 Å². The highest BCUT2D eigenvalue weighted by Crippen LogP contribution is 2.46. The van der Waals surface area contributed by atoms with Crippen LogP contribution < -0.4 is 9.64 Å². The summed E-state index contributed by atoms with van der Waals surface area (Å²) in [5.74, 6) is -0.613. The van der Waals surface area contributed by atoms with Crippen molar-refractivity contribution in [3.63, 3.8) is 0 Å². The molecule has 0 N–H and O–H groups in total. The molecule has 2 aromatic rings. The molecule has 0 bridgehead atoms. The van der Waals surface area contributed by atoms with Crippen molar-refractivity contribution in [3.05, 3.63) is 64.5 Å². The number of amides is 1. The Bertz CT molecular complexity index is 891. The predicted molar refractivity (Wildman–Crippen MR) is 91.4 cm³/mol. The van der Waals surface area contributed by atoms with Gasteiger partial charge in [0.2, 0.25) is 0 Å². The van der Waals surface area contributed by atoms with Gasteiger partial charge in [-0.25, -0.2) is 4.39 Å². The smallest absolute Gasteiger partial charge is 0.275 e. The van der Waals surface area contributed by atoms with Crippen LogP contribution in [0.1, 0.15) is 19.4 Å². The summed E-state index contributed by atoms with van der Waals surface area (Å²) in [6.07, 6.45) is 1.41. The van der Waals surface area contributed by atoms with Gasteiger partial charge >= 0.3 is 0 Å². The molecule has 6 nitrogen and oxygen atoms in total. The summed E-state index contributed by atoms with van der Waals surface area (Å²) in [5, 5.41) is 11.2. The maximum absolute atomic E-state index is 13.3. The summed E-state index contributed by atoms with van der Waals surface area (Å²) in [7, 11) is 0. The van der Waals surface area contributed by atoms with Gasteiger partial charge in [-0.3, -0.25) is 19.8 Å². The van der Waals surface area contributed by atoms with Crippen molar-refractivity contribution < 1.29 is 18.8 Å². The normalized spacial score (nSPS) is 15.3. The van der Waals surface area contributed by atoms with Crippen LogP contribution in [0.4, 0.5) is 21.5 Å². The van der Waals surface area contributed by atoms with Crippen molar-refractivity contribution in [2.75, 3.05) is 4.90 Å². The summed E-state index contributed by atoms with van der Waals surface area (Å²) in [6, 6.07) is 8.00. The third-order valence-corrected chi connectivity index (χ3v) is 3.91. The zero-order valence-corrected chi connectivity index (χ0v) is 13.7. The highest BCUT2D eigenvalue weighted by atomic mass is 19.1. The Hall–Kier alpha value is -3.22. The van der Waals surface area contributed by atoms with Gasteiger partial charge in [-0.15, -0.1) is 0 Å². The van der Waals surface area contributed by atoms with E-state index in [1.54, 1.807) is 13.8 Å². The first-order valence-electron chi connectivity index (χ1n) is 7.48. The third-order valence-electron chi connectivity index (χ3n) is 3.91. The summed E-state index contributed by atoms with van der Waals surface area (Å²) in [5.41, 5.74) is -0.262. The molecule has 0 saturated heterocycles. The van der Waals surface area contributed by atoms with Crippen LogP contribution in [-0.4, -0.2) is 16.4 Å². The average molecular weight is 342 g/mol. The number of ether oxygens (including phenoxy) is 1. The number of non-ortho nitro benzene ring substituents is 1. The zero-order chi connectivity index (χ0) is 18.4. The second kappa shape index (κ2) is 5.70. The number of rotatable bonds is 3. The van der Waals surface area contributed by atoms with Gasteiger partial charge in [-0.1, -0.05) is 12.7 Å². The molecule has 7 heteroatoms. The molecule has 0 aromatic heterocycles. The Morgan fingerprint density at radius 3 is 2.48 bits per heavy atom. The number of nitro groups is 1. The number of nitrogens with zero attached hydrogens (tertiary/aromatic N) is 2. The number of hydrogen-bond acceptors (Lipinski definition) is 4. The van der Waals surface area contributed by atoms with Crippen molar-refractivity contribution in [1.29, 1.82) is 0 Å². The Morgan fingerprint density at radius 2 is 1.92 bits per heavy atom. The van der Waals surface area contributed by atoms with Gasteiger partial charge in [0, 0.05) is 17.3 Å². The predicted octanol–water partition coefficient (Wildman–Crippen LogP) is 4.21. The second-order valence-electron chi connectivity index (χ2n) is 6.07. The number of carbonyl (C=O) groups excluding carboxylic acids is 1. The Morgan fingerprint density at radius 1 is 1.28 bits per heavy atom. The van der Waals surface area contributed by atoms with Gasteiger partial charge in [0.1, 0.15) is 5.82 Å². The molecule has 1 heterocycles. The van der Waals surface area contributed by atoms with Gasteiger partial charge in [0.15, 0.2) is 11.4 Å². The maximum atomic E-state index is 13.3. The van der Waals surface area contributed by atoms with E-state index in [1.807, 2.05) is 0 Å². The average Bonchev–Trinajstić information content (AvgIpc) is 2.56. The van der Waals surface area contributed by atoms with Gasteiger partial charge in [0.25, 0.3) is 11.6 Å². The van der Waals surface area contributed by atoms with E-state index in [0.717, 1.165) is 0 Å². The van der Waals surface area contributed by atoms with E-state index < -0.39 is 16.3 Å². The lowest BCUT2D eigenvalue weighted by molar-refractivity contribution is -0.385. The van der Waals surface area contributed by atoms with Crippen molar-refractivity contribution in [1.82, 2.24) is 0 Å². The summed E-state index contributed by atoms with van der Waals surface area (Å²) < 4.78 is 19.0. The zero-order valence-electron chi connectivity index (χ0n) is 13.7. The summed E-state index contributed by atoms with van der Waals surface area (Å²) >= 11 is 0. The number of halogens is 1. The molecule has 0 unspecified atom stereocenters. The molecular weight excluding hydrogens is 327 g/mol. The van der Waals surface area contributed by atoms with Crippen LogP contribution in [0, 0.1) is 15.9 Å². The molecule has 1 aliphatic rings. The number of carbonyl (C=O) groups is 1. The lowest BCUT2D eigenvalue weighted by Gasteiger charge is -2.39. The van der Waals surface area contributed by atoms with E-state index in [-0.39, 0.29) is 17.3 Å². The van der Waals surface area contributed by atoms with E-state index in [2.05, 4.69) is 6.58 Å². The van der Waals surface area contributed by atoms with Crippen LogP contribution in [0.5, 0.6) is 5.75 Å². The van der Waals surface area contributed by atoms with Gasteiger partial charge in [-0.05, 0) is 38.1 Å². The minimum absolute atomic E-state index is 0.169. The fourth-order valence-corrected chi connectivity index (χ4v) is 2.72. The minimum Gasteiger partial charge on any atom is -0.476 e. The number of benzene rings is 2. The van der Waals surface area contributed by atoms with E-state index in [9.17, 15) is 19.3 Å². The standard InChI is InChI=1S/C18H15FN2O4/c1-4-11-9-14(21(23)24)10-15-16(11)20(17(22)18(2,3)25-15)13-7-5-12(19)6-8-13/h4-10H,1H2,2-3H3. The third kappa shape index (κ3) is 2.73. The largest absolute Gasteiger partial charge is 0.476 e. The van der Waals surface area contributed by atoms with E-state index >= 15 is 0 Å². The monoisotopic (exact) mass is 342 g/mol. The van der Waals surface area contributed by atoms with E-state index in [0.29, 0.717) is 16.9 Å². The quantitative estimate of drug-likeness (QED) is 0.618. The van der Waals surface area contributed by atoms with Crippen LogP contribution in [0.3, 0.4) is 0 Å². The maximum Gasteiger partial charge on any atom is 0.275 e. The molecule has 0 radical (unpaired) electrons. The van der Waals surface area contributed by atoms with Gasteiger partial charge in [0.05, 0.1) is 16.7 Å². The lowest BCUT2D eigenvalue weighted by atomic mass is 9.99. The highest BCUT2D eigenvalue weighted by molar-refractivity contribution is 6.09. The summed E-state index contributed by atoms with van der Waals surface area (Å²) in [6.45, 7) is 6.81. The minimum atomic E-state index is -1.24. The molecule has 0 spiro atoms. The van der Waals surface area contributed by atoms with Gasteiger partial charge < -0.3 is 4.74 Å². The SMILES string of the molecule is C=Cc1cc([N+](=O)[O-])cc2c1N(c1ccc(F)cc1)C(=O)C(C)(C)O2. The second-order valence-corrected chi connectivity index (χ2v) is 6.07. The fraction of sp³-hybridized carbons (Fsp3) is 0.167. The number of hydrogen-bond donors (Lipinski definition) is 0. The first-order valence-corrected chi connectivity index (χ1v) is 7.48. The Kier molecular flexibility index (Phi) is 3.79. The van der Waals surface area contributed by atoms with Crippen molar-refractivity contribution in [3.8, 4) is 5.75 Å². The van der Waals surface area contributed by atoms with Crippen molar-refractivity contribution in [2.45, 2.75) is 19.4 Å². The molecule has 3 rings (SSSR count). The molecular formula is C18H15FN2O4. The van der Waals surface area contributed by atoms with Crippen LogP contribution in [0.25, 0.3) is 6.08 Å². The van der Waals surface area contributed by atoms with E-state index in [1.165, 1.54) is 47.4 Å². The number of nitro benzene ring substituents is 1. The molecule has 128 valence electrons. The van der Waals surface area contributed by atoms with Crippen LogP contribution in [0.2, 0.25) is 0 Å². The van der Waals surface area contributed by atoms with Crippen LogP contribution in [-0.2, 0) is 4.79 Å². The Labute approximate surface area is 143 Å². The molecule has 0 fully saturated rings. The first kappa shape index (κ1) is 16.6. The first-order chi connectivity index (χ1) is 11.7. The summed E-state index contributed by atoms with van der Waals surface area (Å²) in [4.78, 5) is 24.9. The van der Waals surface area contributed by atoms with Crippen LogP contribution in [0.15, 0.2) is 43.0 Å². The Balaban J connectivity index is 2.30. The highest BCUT2D eigenvalue weighted by Gasteiger charge is 2.43. The molecule has 1 amide bonds. The molecule has 1 aliphatic heterocycles. The van der Waals surface area contributed by atoms with Crippen LogP contribution >= 0.6 is 0 Å². The fourth-order valence-electron chi connectivity index (χ4n) is 2.72. The number of fused-ring (bicyclic) bond motifs is 1.